The predicted octanol–water partition coefficient (Wildman–Crippen LogP) is 5.51. The largest absolute Gasteiger partial charge is 0.334 e. The molecule has 0 aliphatic carbocycles. The van der Waals surface area contributed by atoms with Crippen LogP contribution < -0.4 is 0 Å². The Balaban J connectivity index is 1.68. The molecule has 24 heavy (non-hydrogen) atoms. The van der Waals surface area contributed by atoms with Crippen LogP contribution in [0.3, 0.4) is 0 Å². The van der Waals surface area contributed by atoms with Crippen LogP contribution in [0.2, 0.25) is 0 Å². The lowest BCUT2D eigenvalue weighted by Gasteiger charge is -2.11. The summed E-state index contributed by atoms with van der Waals surface area (Å²) in [6, 6.07) is 14.2. The molecule has 0 bridgehead atoms. The van der Waals surface area contributed by atoms with Gasteiger partial charge in [-0.1, -0.05) is 48.8 Å². The number of aryl methyl sites for hydroxylation is 1. The topological polar surface area (TPSA) is 63.6 Å². The van der Waals surface area contributed by atoms with Crippen molar-refractivity contribution in [1.29, 1.82) is 0 Å². The summed E-state index contributed by atoms with van der Waals surface area (Å²) in [4.78, 5) is 4.52. The molecule has 1 aliphatic heterocycles. The molecule has 0 fully saturated rings. The Morgan fingerprint density at radius 2 is 1.92 bits per heavy atom. The van der Waals surface area contributed by atoms with E-state index in [2.05, 4.69) is 40.3 Å². The Bertz CT molecular complexity index is 927. The second kappa shape index (κ2) is 5.67. The molecule has 5 heteroatoms. The molecule has 2 aromatic carbocycles. The molecule has 0 radical (unpaired) electrons. The highest BCUT2D eigenvalue weighted by atomic mass is 16.5. The highest BCUT2D eigenvalue weighted by molar-refractivity contribution is 5.66. The SMILES string of the molecule is Cc1cccc(-c2noc(-c3ccc4c(c3)N=NC4C(C)C)n2)c1. The van der Waals surface area contributed by atoms with Gasteiger partial charge in [0, 0.05) is 16.7 Å². The average molecular weight is 318 g/mol. The molecule has 1 unspecified atom stereocenters. The molecular weight excluding hydrogens is 300 g/mol. The van der Waals surface area contributed by atoms with Gasteiger partial charge in [-0.2, -0.15) is 15.2 Å². The lowest BCUT2D eigenvalue weighted by atomic mass is 9.95. The molecule has 0 spiro atoms. The molecule has 2 heterocycles. The molecule has 0 saturated carbocycles. The number of hydrogen-bond donors (Lipinski definition) is 0. The monoisotopic (exact) mass is 318 g/mol. The van der Waals surface area contributed by atoms with E-state index in [0.29, 0.717) is 17.6 Å². The molecule has 1 atom stereocenters. The standard InChI is InChI=1S/C19H18N4O/c1-11(2)17-15-8-7-14(10-16(15)21-22-17)19-20-18(23-24-19)13-6-4-5-12(3)9-13/h4-11,17H,1-3H3. The Morgan fingerprint density at radius 3 is 2.71 bits per heavy atom. The summed E-state index contributed by atoms with van der Waals surface area (Å²) in [6.45, 7) is 6.35. The molecule has 4 rings (SSSR count). The maximum atomic E-state index is 5.45. The number of fused-ring (bicyclic) bond motifs is 1. The number of aromatic nitrogens is 2. The summed E-state index contributed by atoms with van der Waals surface area (Å²) in [6.07, 6.45) is 0. The summed E-state index contributed by atoms with van der Waals surface area (Å²) in [5, 5.41) is 12.8. The van der Waals surface area contributed by atoms with E-state index in [1.165, 1.54) is 0 Å². The van der Waals surface area contributed by atoms with Crippen LogP contribution in [0.5, 0.6) is 0 Å². The van der Waals surface area contributed by atoms with E-state index in [1.807, 2.05) is 43.3 Å². The smallest absolute Gasteiger partial charge is 0.258 e. The minimum Gasteiger partial charge on any atom is -0.334 e. The van der Waals surface area contributed by atoms with Gasteiger partial charge in [-0.15, -0.1) is 0 Å². The number of rotatable bonds is 3. The summed E-state index contributed by atoms with van der Waals surface area (Å²) >= 11 is 0. The second-order valence-electron chi connectivity index (χ2n) is 6.47. The normalized spacial score (nSPS) is 15.9. The molecule has 5 nitrogen and oxygen atoms in total. The van der Waals surface area contributed by atoms with Gasteiger partial charge in [0.15, 0.2) is 0 Å². The molecule has 0 amide bonds. The highest BCUT2D eigenvalue weighted by Crippen LogP contribution is 2.41. The fourth-order valence-electron chi connectivity index (χ4n) is 2.93. The van der Waals surface area contributed by atoms with Crippen LogP contribution in [0.15, 0.2) is 57.2 Å². The molecule has 0 saturated heterocycles. The molecule has 0 N–H and O–H groups in total. The lowest BCUT2D eigenvalue weighted by molar-refractivity contribution is 0.432. The summed E-state index contributed by atoms with van der Waals surface area (Å²) in [5.74, 6) is 1.52. The van der Waals surface area contributed by atoms with Gasteiger partial charge in [-0.25, -0.2) is 0 Å². The Kier molecular flexibility index (Phi) is 3.49. The third-order valence-corrected chi connectivity index (χ3v) is 4.22. The Labute approximate surface area is 140 Å². The van der Waals surface area contributed by atoms with Crippen molar-refractivity contribution < 1.29 is 4.52 Å². The number of nitrogens with zero attached hydrogens (tertiary/aromatic N) is 4. The highest BCUT2D eigenvalue weighted by Gasteiger charge is 2.24. The first-order valence-corrected chi connectivity index (χ1v) is 8.08. The van der Waals surface area contributed by atoms with Crippen LogP contribution in [0.1, 0.15) is 31.0 Å². The number of hydrogen-bond acceptors (Lipinski definition) is 5. The van der Waals surface area contributed by atoms with E-state index in [0.717, 1.165) is 27.9 Å². The van der Waals surface area contributed by atoms with Crippen molar-refractivity contribution in [2.75, 3.05) is 0 Å². The summed E-state index contributed by atoms with van der Waals surface area (Å²) in [7, 11) is 0. The minimum absolute atomic E-state index is 0.139. The van der Waals surface area contributed by atoms with Crippen molar-refractivity contribution in [2.45, 2.75) is 26.8 Å². The zero-order valence-corrected chi connectivity index (χ0v) is 13.9. The third kappa shape index (κ3) is 2.52. The minimum atomic E-state index is 0.139. The van der Waals surface area contributed by atoms with Crippen LogP contribution in [0.25, 0.3) is 22.8 Å². The summed E-state index contributed by atoms with van der Waals surface area (Å²) in [5.41, 5.74) is 5.03. The van der Waals surface area contributed by atoms with Crippen molar-refractivity contribution in [3.63, 3.8) is 0 Å². The third-order valence-electron chi connectivity index (χ3n) is 4.22. The van der Waals surface area contributed by atoms with Crippen LogP contribution in [0, 0.1) is 12.8 Å². The molecular formula is C19H18N4O. The van der Waals surface area contributed by atoms with E-state index < -0.39 is 0 Å². The van der Waals surface area contributed by atoms with Crippen molar-refractivity contribution in [1.82, 2.24) is 10.1 Å². The van der Waals surface area contributed by atoms with Gasteiger partial charge in [-0.05, 0) is 31.0 Å². The fourth-order valence-corrected chi connectivity index (χ4v) is 2.93. The molecule has 1 aromatic heterocycles. The van der Waals surface area contributed by atoms with Crippen LogP contribution in [0.4, 0.5) is 5.69 Å². The fraction of sp³-hybridized carbons (Fsp3) is 0.263. The van der Waals surface area contributed by atoms with Crippen LogP contribution >= 0.6 is 0 Å². The van der Waals surface area contributed by atoms with E-state index in [4.69, 9.17) is 4.52 Å². The van der Waals surface area contributed by atoms with E-state index >= 15 is 0 Å². The van der Waals surface area contributed by atoms with Crippen LogP contribution in [-0.4, -0.2) is 10.1 Å². The van der Waals surface area contributed by atoms with Crippen molar-refractivity contribution in [2.24, 2.45) is 16.1 Å². The van der Waals surface area contributed by atoms with Gasteiger partial charge in [0.05, 0.1) is 5.69 Å². The van der Waals surface area contributed by atoms with Crippen molar-refractivity contribution in [3.05, 3.63) is 53.6 Å². The zero-order valence-electron chi connectivity index (χ0n) is 13.9. The van der Waals surface area contributed by atoms with Gasteiger partial charge < -0.3 is 4.52 Å². The van der Waals surface area contributed by atoms with Crippen molar-refractivity contribution >= 4 is 5.69 Å². The van der Waals surface area contributed by atoms with E-state index in [-0.39, 0.29) is 6.04 Å². The number of benzene rings is 2. The average Bonchev–Trinajstić information content (AvgIpc) is 3.21. The van der Waals surface area contributed by atoms with Gasteiger partial charge >= 0.3 is 0 Å². The second-order valence-corrected chi connectivity index (χ2v) is 6.47. The first-order valence-electron chi connectivity index (χ1n) is 8.08. The molecule has 120 valence electrons. The maximum Gasteiger partial charge on any atom is 0.258 e. The first-order chi connectivity index (χ1) is 11.6. The Morgan fingerprint density at radius 1 is 1.04 bits per heavy atom. The van der Waals surface area contributed by atoms with Gasteiger partial charge in [-0.3, -0.25) is 0 Å². The summed E-state index contributed by atoms with van der Waals surface area (Å²) < 4.78 is 5.45. The Hall–Kier alpha value is -2.82. The zero-order chi connectivity index (χ0) is 16.7. The van der Waals surface area contributed by atoms with Gasteiger partial charge in [0.1, 0.15) is 6.04 Å². The first kappa shape index (κ1) is 14.8. The molecule has 1 aliphatic rings. The molecule has 3 aromatic rings. The van der Waals surface area contributed by atoms with E-state index in [1.54, 1.807) is 0 Å². The van der Waals surface area contributed by atoms with Crippen LogP contribution in [-0.2, 0) is 0 Å². The predicted molar refractivity (Wildman–Crippen MR) is 92.0 cm³/mol. The quantitative estimate of drug-likeness (QED) is 0.640. The van der Waals surface area contributed by atoms with Gasteiger partial charge in [0.2, 0.25) is 5.82 Å². The number of azo groups is 1. The van der Waals surface area contributed by atoms with Crippen molar-refractivity contribution in [3.8, 4) is 22.8 Å². The lowest BCUT2D eigenvalue weighted by Crippen LogP contribution is -2.00. The van der Waals surface area contributed by atoms with E-state index in [9.17, 15) is 0 Å². The van der Waals surface area contributed by atoms with Gasteiger partial charge in [0.25, 0.3) is 5.89 Å². The maximum absolute atomic E-state index is 5.45.